The van der Waals surface area contributed by atoms with Gasteiger partial charge in [0.15, 0.2) is 0 Å². The van der Waals surface area contributed by atoms with Crippen molar-refractivity contribution >= 4 is 5.69 Å². The second kappa shape index (κ2) is 5.52. The predicted octanol–water partition coefficient (Wildman–Crippen LogP) is 3.49. The average molecular weight is 269 g/mol. The third-order valence-electron chi connectivity index (χ3n) is 2.76. The minimum atomic E-state index is -0.287. The van der Waals surface area contributed by atoms with Crippen molar-refractivity contribution in [2.45, 2.75) is 6.54 Å². The van der Waals surface area contributed by atoms with Gasteiger partial charge in [0.25, 0.3) is 0 Å². The Bertz CT molecular complexity index is 697. The van der Waals surface area contributed by atoms with Crippen molar-refractivity contribution in [3.05, 3.63) is 66.3 Å². The lowest BCUT2D eigenvalue weighted by Gasteiger charge is -2.02. The first-order valence-corrected chi connectivity index (χ1v) is 6.18. The zero-order chi connectivity index (χ0) is 13.8. The van der Waals surface area contributed by atoms with E-state index in [-0.39, 0.29) is 5.82 Å². The number of nitrogens with zero attached hydrogens (tertiary/aromatic N) is 2. The number of hydrogen-bond donors (Lipinski definition) is 1. The maximum Gasteiger partial charge on any atom is 0.247 e. The van der Waals surface area contributed by atoms with Gasteiger partial charge < -0.3 is 9.73 Å². The van der Waals surface area contributed by atoms with Crippen LogP contribution in [0.25, 0.3) is 11.5 Å². The van der Waals surface area contributed by atoms with Crippen LogP contribution >= 0.6 is 0 Å². The molecule has 1 aromatic heterocycles. The SMILES string of the molecule is Fc1cccc(NCc2nnc(-c3ccccc3)o2)c1. The maximum absolute atomic E-state index is 13.0. The van der Waals surface area contributed by atoms with E-state index >= 15 is 0 Å². The molecule has 100 valence electrons. The zero-order valence-electron chi connectivity index (χ0n) is 10.6. The van der Waals surface area contributed by atoms with Crippen LogP contribution in [0.3, 0.4) is 0 Å². The van der Waals surface area contributed by atoms with E-state index in [2.05, 4.69) is 15.5 Å². The van der Waals surface area contributed by atoms with Crippen molar-refractivity contribution in [3.8, 4) is 11.5 Å². The van der Waals surface area contributed by atoms with Crippen LogP contribution in [0.4, 0.5) is 10.1 Å². The quantitative estimate of drug-likeness (QED) is 0.787. The monoisotopic (exact) mass is 269 g/mol. The van der Waals surface area contributed by atoms with Gasteiger partial charge >= 0.3 is 0 Å². The van der Waals surface area contributed by atoms with E-state index in [1.54, 1.807) is 12.1 Å². The maximum atomic E-state index is 13.0. The van der Waals surface area contributed by atoms with Gasteiger partial charge in [-0.15, -0.1) is 10.2 Å². The summed E-state index contributed by atoms with van der Waals surface area (Å²) in [6, 6.07) is 15.8. The molecule has 3 aromatic rings. The summed E-state index contributed by atoms with van der Waals surface area (Å²) in [5.41, 5.74) is 1.54. The summed E-state index contributed by atoms with van der Waals surface area (Å²) < 4.78 is 18.6. The Morgan fingerprint density at radius 3 is 2.65 bits per heavy atom. The van der Waals surface area contributed by atoms with Gasteiger partial charge in [-0.25, -0.2) is 4.39 Å². The van der Waals surface area contributed by atoms with Gasteiger partial charge in [0.1, 0.15) is 5.82 Å². The molecule has 0 saturated heterocycles. The van der Waals surface area contributed by atoms with E-state index < -0.39 is 0 Å². The molecule has 1 heterocycles. The van der Waals surface area contributed by atoms with Gasteiger partial charge in [-0.1, -0.05) is 24.3 Å². The van der Waals surface area contributed by atoms with Crippen LogP contribution in [0.1, 0.15) is 5.89 Å². The molecule has 0 atom stereocenters. The second-order valence-electron chi connectivity index (χ2n) is 4.23. The smallest absolute Gasteiger partial charge is 0.247 e. The third kappa shape index (κ3) is 2.83. The highest BCUT2D eigenvalue weighted by atomic mass is 19.1. The predicted molar refractivity (Wildman–Crippen MR) is 73.5 cm³/mol. The largest absolute Gasteiger partial charge is 0.419 e. The van der Waals surface area contributed by atoms with E-state index in [9.17, 15) is 4.39 Å². The molecule has 0 aliphatic heterocycles. The minimum absolute atomic E-state index is 0.287. The van der Waals surface area contributed by atoms with Crippen LogP contribution in [0, 0.1) is 5.82 Å². The number of nitrogens with one attached hydrogen (secondary N) is 1. The normalized spacial score (nSPS) is 10.4. The summed E-state index contributed by atoms with van der Waals surface area (Å²) in [6.07, 6.45) is 0. The van der Waals surface area contributed by atoms with Gasteiger partial charge in [0.05, 0.1) is 6.54 Å². The van der Waals surface area contributed by atoms with E-state index in [1.165, 1.54) is 12.1 Å². The van der Waals surface area contributed by atoms with E-state index in [0.717, 1.165) is 5.56 Å². The number of anilines is 1. The Morgan fingerprint density at radius 1 is 1.00 bits per heavy atom. The second-order valence-corrected chi connectivity index (χ2v) is 4.23. The van der Waals surface area contributed by atoms with Gasteiger partial charge in [-0.2, -0.15) is 0 Å². The highest BCUT2D eigenvalue weighted by molar-refractivity contribution is 5.51. The fourth-order valence-corrected chi connectivity index (χ4v) is 1.80. The van der Waals surface area contributed by atoms with Gasteiger partial charge in [-0.05, 0) is 30.3 Å². The molecular weight excluding hydrogens is 257 g/mol. The van der Waals surface area contributed by atoms with E-state index in [1.807, 2.05) is 30.3 Å². The Balaban J connectivity index is 1.69. The molecule has 0 aliphatic carbocycles. The fraction of sp³-hybridized carbons (Fsp3) is 0.0667. The minimum Gasteiger partial charge on any atom is -0.419 e. The molecule has 0 spiro atoms. The van der Waals surface area contributed by atoms with Crippen molar-refractivity contribution in [2.75, 3.05) is 5.32 Å². The number of hydrogen-bond acceptors (Lipinski definition) is 4. The molecule has 0 fully saturated rings. The van der Waals surface area contributed by atoms with Gasteiger partial charge in [0.2, 0.25) is 11.8 Å². The van der Waals surface area contributed by atoms with Gasteiger partial charge in [-0.3, -0.25) is 0 Å². The molecule has 0 radical (unpaired) electrons. The van der Waals surface area contributed by atoms with Crippen LogP contribution in [0.15, 0.2) is 59.0 Å². The first-order valence-electron chi connectivity index (χ1n) is 6.18. The summed E-state index contributed by atoms with van der Waals surface area (Å²) >= 11 is 0. The van der Waals surface area contributed by atoms with Crippen LogP contribution in [0.5, 0.6) is 0 Å². The highest BCUT2D eigenvalue weighted by Gasteiger charge is 2.07. The van der Waals surface area contributed by atoms with Crippen LogP contribution < -0.4 is 5.32 Å². The van der Waals surface area contributed by atoms with E-state index in [0.29, 0.717) is 24.0 Å². The Hall–Kier alpha value is -2.69. The first-order chi connectivity index (χ1) is 9.81. The fourth-order valence-electron chi connectivity index (χ4n) is 1.80. The molecule has 3 rings (SSSR count). The molecule has 20 heavy (non-hydrogen) atoms. The molecule has 2 aromatic carbocycles. The molecule has 0 amide bonds. The summed E-state index contributed by atoms with van der Waals surface area (Å²) in [5, 5.41) is 11.0. The number of aromatic nitrogens is 2. The highest BCUT2D eigenvalue weighted by Crippen LogP contribution is 2.17. The first kappa shape index (κ1) is 12.3. The summed E-state index contributed by atoms with van der Waals surface area (Å²) in [7, 11) is 0. The lowest BCUT2D eigenvalue weighted by Crippen LogP contribution is -1.99. The summed E-state index contributed by atoms with van der Waals surface area (Å²) in [6.45, 7) is 0.350. The molecular formula is C15H12FN3O. The summed E-state index contributed by atoms with van der Waals surface area (Å²) in [5.74, 6) is 0.639. The van der Waals surface area contributed by atoms with Crippen molar-refractivity contribution in [2.24, 2.45) is 0 Å². The lowest BCUT2D eigenvalue weighted by atomic mass is 10.2. The molecule has 4 nitrogen and oxygen atoms in total. The number of rotatable bonds is 4. The molecule has 5 heteroatoms. The van der Waals surface area contributed by atoms with Crippen molar-refractivity contribution in [1.82, 2.24) is 10.2 Å². The molecule has 0 aliphatic rings. The zero-order valence-corrected chi connectivity index (χ0v) is 10.6. The standard InChI is InChI=1S/C15H12FN3O/c16-12-7-4-8-13(9-12)17-10-14-18-19-15(20-14)11-5-2-1-3-6-11/h1-9,17H,10H2. The van der Waals surface area contributed by atoms with Crippen molar-refractivity contribution in [1.29, 1.82) is 0 Å². The lowest BCUT2D eigenvalue weighted by molar-refractivity contribution is 0.515. The number of halogens is 1. The van der Waals surface area contributed by atoms with Crippen molar-refractivity contribution < 1.29 is 8.81 Å². The van der Waals surface area contributed by atoms with Crippen LogP contribution in [-0.2, 0) is 6.54 Å². The van der Waals surface area contributed by atoms with E-state index in [4.69, 9.17) is 4.42 Å². The Kier molecular flexibility index (Phi) is 3.41. The van der Waals surface area contributed by atoms with Crippen LogP contribution in [0.2, 0.25) is 0 Å². The summed E-state index contributed by atoms with van der Waals surface area (Å²) in [4.78, 5) is 0. The Morgan fingerprint density at radius 2 is 1.85 bits per heavy atom. The van der Waals surface area contributed by atoms with Crippen molar-refractivity contribution in [3.63, 3.8) is 0 Å². The van der Waals surface area contributed by atoms with Crippen LogP contribution in [-0.4, -0.2) is 10.2 Å². The van der Waals surface area contributed by atoms with Gasteiger partial charge in [0, 0.05) is 11.3 Å². The Labute approximate surface area is 115 Å². The molecule has 0 bridgehead atoms. The number of benzene rings is 2. The molecule has 1 N–H and O–H groups in total. The third-order valence-corrected chi connectivity index (χ3v) is 2.76. The molecule has 0 unspecified atom stereocenters. The molecule has 0 saturated carbocycles. The average Bonchev–Trinajstić information content (AvgIpc) is 2.95. The topological polar surface area (TPSA) is 51.0 Å².